The Morgan fingerprint density at radius 2 is 1.89 bits per heavy atom. The van der Waals surface area contributed by atoms with Crippen LogP contribution in [0.2, 0.25) is 0 Å². The molecule has 100 valence electrons. The SMILES string of the molecule is O=C1CC(C(=O)N2CCCCC2)c2ccccc2N1. The number of nitrogens with one attached hydrogen (secondary N) is 1. The van der Waals surface area contributed by atoms with Crippen molar-refractivity contribution in [1.82, 2.24) is 4.90 Å². The molecule has 0 bridgehead atoms. The third kappa shape index (κ3) is 2.35. The number of para-hydroxylation sites is 1. The van der Waals surface area contributed by atoms with E-state index in [9.17, 15) is 9.59 Å². The smallest absolute Gasteiger partial charge is 0.230 e. The zero-order valence-electron chi connectivity index (χ0n) is 10.9. The average Bonchev–Trinajstić information content (AvgIpc) is 2.46. The third-order valence-electron chi connectivity index (χ3n) is 3.97. The number of fused-ring (bicyclic) bond motifs is 1. The van der Waals surface area contributed by atoms with Crippen LogP contribution in [0.3, 0.4) is 0 Å². The first-order chi connectivity index (χ1) is 9.25. The van der Waals surface area contributed by atoms with Gasteiger partial charge < -0.3 is 10.2 Å². The minimum absolute atomic E-state index is 0.0611. The van der Waals surface area contributed by atoms with Gasteiger partial charge in [0.25, 0.3) is 0 Å². The normalized spacial score (nSPS) is 22.6. The Morgan fingerprint density at radius 3 is 2.68 bits per heavy atom. The molecule has 0 saturated carbocycles. The molecule has 1 aromatic rings. The van der Waals surface area contributed by atoms with E-state index in [1.807, 2.05) is 29.2 Å². The van der Waals surface area contributed by atoms with Crippen molar-refractivity contribution in [1.29, 1.82) is 0 Å². The van der Waals surface area contributed by atoms with E-state index >= 15 is 0 Å². The lowest BCUT2D eigenvalue weighted by Crippen LogP contribution is -2.41. The quantitative estimate of drug-likeness (QED) is 0.839. The van der Waals surface area contributed by atoms with Gasteiger partial charge in [0.15, 0.2) is 0 Å². The monoisotopic (exact) mass is 258 g/mol. The minimum Gasteiger partial charge on any atom is -0.342 e. The summed E-state index contributed by atoms with van der Waals surface area (Å²) < 4.78 is 0. The summed E-state index contributed by atoms with van der Waals surface area (Å²) in [5.41, 5.74) is 1.74. The fourth-order valence-electron chi connectivity index (χ4n) is 2.97. The molecule has 0 spiro atoms. The molecule has 0 radical (unpaired) electrons. The molecule has 19 heavy (non-hydrogen) atoms. The van der Waals surface area contributed by atoms with E-state index in [0.29, 0.717) is 0 Å². The first-order valence-electron chi connectivity index (χ1n) is 6.93. The summed E-state index contributed by atoms with van der Waals surface area (Å²) in [7, 11) is 0. The van der Waals surface area contributed by atoms with Gasteiger partial charge in [-0.3, -0.25) is 9.59 Å². The highest BCUT2D eigenvalue weighted by Crippen LogP contribution is 2.33. The highest BCUT2D eigenvalue weighted by atomic mass is 16.2. The summed E-state index contributed by atoms with van der Waals surface area (Å²) in [6, 6.07) is 7.61. The molecule has 4 nitrogen and oxygen atoms in total. The molecule has 1 N–H and O–H groups in total. The van der Waals surface area contributed by atoms with Crippen LogP contribution in [0.5, 0.6) is 0 Å². The Bertz CT molecular complexity index is 507. The van der Waals surface area contributed by atoms with Crippen LogP contribution in [0.1, 0.15) is 37.2 Å². The molecule has 2 aliphatic rings. The highest BCUT2D eigenvalue weighted by molar-refractivity contribution is 6.01. The maximum absolute atomic E-state index is 12.6. The van der Waals surface area contributed by atoms with E-state index in [1.165, 1.54) is 6.42 Å². The summed E-state index contributed by atoms with van der Waals surface area (Å²) in [5, 5.41) is 2.84. The van der Waals surface area contributed by atoms with Crippen molar-refractivity contribution in [3.63, 3.8) is 0 Å². The van der Waals surface area contributed by atoms with E-state index < -0.39 is 0 Å². The van der Waals surface area contributed by atoms with Crippen LogP contribution >= 0.6 is 0 Å². The number of rotatable bonds is 1. The zero-order valence-corrected chi connectivity index (χ0v) is 10.9. The van der Waals surface area contributed by atoms with Crippen molar-refractivity contribution in [2.45, 2.75) is 31.6 Å². The van der Waals surface area contributed by atoms with E-state index in [1.54, 1.807) is 0 Å². The van der Waals surface area contributed by atoms with Gasteiger partial charge in [-0.05, 0) is 30.9 Å². The predicted molar refractivity (Wildman–Crippen MR) is 72.9 cm³/mol. The fourth-order valence-corrected chi connectivity index (χ4v) is 2.97. The van der Waals surface area contributed by atoms with E-state index in [2.05, 4.69) is 5.32 Å². The molecule has 1 saturated heterocycles. The Hall–Kier alpha value is -1.84. The Balaban J connectivity index is 1.87. The van der Waals surface area contributed by atoms with Crippen LogP contribution in [0, 0.1) is 0 Å². The summed E-state index contributed by atoms with van der Waals surface area (Å²) in [5.74, 6) is -0.251. The van der Waals surface area contributed by atoms with Crippen LogP contribution in [0.25, 0.3) is 0 Å². The molecule has 1 atom stereocenters. The maximum Gasteiger partial charge on any atom is 0.230 e. The van der Waals surface area contributed by atoms with Crippen molar-refractivity contribution in [3.05, 3.63) is 29.8 Å². The number of nitrogens with zero attached hydrogens (tertiary/aromatic N) is 1. The number of carbonyl (C=O) groups is 2. The van der Waals surface area contributed by atoms with Gasteiger partial charge in [0.1, 0.15) is 0 Å². The number of anilines is 1. The molecule has 4 heteroatoms. The van der Waals surface area contributed by atoms with E-state index in [4.69, 9.17) is 0 Å². The lowest BCUT2D eigenvalue weighted by Gasteiger charge is -2.32. The van der Waals surface area contributed by atoms with Gasteiger partial charge in [0.2, 0.25) is 11.8 Å². The molecule has 0 aromatic heterocycles. The first-order valence-corrected chi connectivity index (χ1v) is 6.93. The molecule has 2 aliphatic heterocycles. The van der Waals surface area contributed by atoms with Gasteiger partial charge in [0, 0.05) is 25.2 Å². The molecule has 1 unspecified atom stereocenters. The number of hydrogen-bond acceptors (Lipinski definition) is 2. The van der Waals surface area contributed by atoms with Crippen molar-refractivity contribution >= 4 is 17.5 Å². The summed E-state index contributed by atoms with van der Waals surface area (Å²) in [6.45, 7) is 1.66. The Kier molecular flexibility index (Phi) is 3.23. The number of likely N-dealkylation sites (tertiary alicyclic amines) is 1. The van der Waals surface area contributed by atoms with Crippen LogP contribution in [-0.2, 0) is 9.59 Å². The molecule has 1 fully saturated rings. The van der Waals surface area contributed by atoms with Gasteiger partial charge in [-0.25, -0.2) is 0 Å². The van der Waals surface area contributed by atoms with E-state index in [0.717, 1.165) is 37.2 Å². The van der Waals surface area contributed by atoms with Crippen LogP contribution in [0.15, 0.2) is 24.3 Å². The van der Waals surface area contributed by atoms with Crippen LogP contribution in [-0.4, -0.2) is 29.8 Å². The second-order valence-corrected chi connectivity index (χ2v) is 5.28. The third-order valence-corrected chi connectivity index (χ3v) is 3.97. The Morgan fingerprint density at radius 1 is 1.16 bits per heavy atom. The van der Waals surface area contributed by atoms with E-state index in [-0.39, 0.29) is 24.2 Å². The molecule has 0 aliphatic carbocycles. The first kappa shape index (κ1) is 12.2. The number of piperidine rings is 1. The molecular formula is C15H18N2O2. The van der Waals surface area contributed by atoms with Gasteiger partial charge >= 0.3 is 0 Å². The van der Waals surface area contributed by atoms with Crippen molar-refractivity contribution in [2.24, 2.45) is 0 Å². The standard InChI is InChI=1S/C15H18N2O2/c18-14-10-12(11-6-2-3-7-13(11)16-14)15(19)17-8-4-1-5-9-17/h2-3,6-7,12H,1,4-5,8-10H2,(H,16,18). The lowest BCUT2D eigenvalue weighted by molar-refractivity contribution is -0.135. The molecule has 3 rings (SSSR count). The molecule has 1 aromatic carbocycles. The number of hydrogen-bond donors (Lipinski definition) is 1. The summed E-state index contributed by atoms with van der Waals surface area (Å²) in [4.78, 5) is 26.3. The van der Waals surface area contributed by atoms with Crippen LogP contribution < -0.4 is 5.32 Å². The topological polar surface area (TPSA) is 49.4 Å². The lowest BCUT2D eigenvalue weighted by atomic mass is 9.89. The highest BCUT2D eigenvalue weighted by Gasteiger charge is 2.33. The summed E-state index contributed by atoms with van der Waals surface area (Å²) in [6.07, 6.45) is 3.62. The number of benzene rings is 1. The van der Waals surface area contributed by atoms with Crippen LogP contribution in [0.4, 0.5) is 5.69 Å². The van der Waals surface area contributed by atoms with Crippen molar-refractivity contribution in [2.75, 3.05) is 18.4 Å². The fraction of sp³-hybridized carbons (Fsp3) is 0.467. The number of amides is 2. The summed E-state index contributed by atoms with van der Waals surface area (Å²) >= 11 is 0. The minimum atomic E-state index is -0.303. The average molecular weight is 258 g/mol. The molecule has 2 heterocycles. The van der Waals surface area contributed by atoms with Crippen molar-refractivity contribution in [3.8, 4) is 0 Å². The van der Waals surface area contributed by atoms with Gasteiger partial charge in [0.05, 0.1) is 5.92 Å². The van der Waals surface area contributed by atoms with Gasteiger partial charge in [-0.15, -0.1) is 0 Å². The zero-order chi connectivity index (χ0) is 13.2. The second-order valence-electron chi connectivity index (χ2n) is 5.28. The second kappa shape index (κ2) is 5.03. The molecular weight excluding hydrogens is 240 g/mol. The Labute approximate surface area is 112 Å². The van der Waals surface area contributed by atoms with Gasteiger partial charge in [-0.2, -0.15) is 0 Å². The largest absolute Gasteiger partial charge is 0.342 e. The molecule has 2 amide bonds. The van der Waals surface area contributed by atoms with Crippen molar-refractivity contribution < 1.29 is 9.59 Å². The van der Waals surface area contributed by atoms with Gasteiger partial charge in [-0.1, -0.05) is 18.2 Å². The number of carbonyl (C=O) groups excluding carboxylic acids is 2. The maximum atomic E-state index is 12.6. The predicted octanol–water partition coefficient (Wildman–Crippen LogP) is 2.12.